The molecule has 3 aromatic carbocycles. The van der Waals surface area contributed by atoms with Crippen LogP contribution < -0.4 is 5.32 Å². The molecule has 5 heteroatoms. The van der Waals surface area contributed by atoms with Crippen LogP contribution in [0.25, 0.3) is 21.7 Å². The number of anilines is 1. The largest absolute Gasteiger partial charge is 0.449 e. The van der Waals surface area contributed by atoms with Crippen LogP contribution in [0, 0.1) is 0 Å². The zero-order valence-electron chi connectivity index (χ0n) is 17.2. The van der Waals surface area contributed by atoms with E-state index in [4.69, 9.17) is 9.72 Å². The van der Waals surface area contributed by atoms with Crippen LogP contribution in [-0.4, -0.2) is 23.0 Å². The predicted octanol–water partition coefficient (Wildman–Crippen LogP) is 5.06. The predicted molar refractivity (Wildman–Crippen MR) is 121 cm³/mol. The van der Waals surface area contributed by atoms with Crippen molar-refractivity contribution < 1.29 is 14.3 Å². The maximum atomic E-state index is 13.2. The second-order valence-corrected chi connectivity index (χ2v) is 7.85. The van der Waals surface area contributed by atoms with Gasteiger partial charge in [0.15, 0.2) is 6.10 Å². The van der Waals surface area contributed by atoms with Crippen molar-refractivity contribution in [2.45, 2.75) is 32.3 Å². The van der Waals surface area contributed by atoms with Gasteiger partial charge in [-0.3, -0.25) is 9.78 Å². The molecule has 1 atom stereocenters. The summed E-state index contributed by atoms with van der Waals surface area (Å²) in [5.41, 5.74) is 3.93. The van der Waals surface area contributed by atoms with Crippen molar-refractivity contribution in [3.63, 3.8) is 0 Å². The van der Waals surface area contributed by atoms with E-state index in [0.29, 0.717) is 11.3 Å². The van der Waals surface area contributed by atoms with E-state index in [0.717, 1.165) is 52.2 Å². The van der Waals surface area contributed by atoms with Crippen LogP contribution in [0.15, 0.2) is 66.7 Å². The van der Waals surface area contributed by atoms with Gasteiger partial charge in [-0.15, -0.1) is 0 Å². The summed E-state index contributed by atoms with van der Waals surface area (Å²) >= 11 is 0. The lowest BCUT2D eigenvalue weighted by atomic mass is 10.0. The fraction of sp³-hybridized carbons (Fsp3) is 0.192. The Hall–Kier alpha value is -3.73. The second kappa shape index (κ2) is 7.84. The lowest BCUT2D eigenvalue weighted by Crippen LogP contribution is -2.30. The number of rotatable bonds is 4. The van der Waals surface area contributed by atoms with Gasteiger partial charge in [0, 0.05) is 22.2 Å². The number of nitrogens with zero attached hydrogens (tertiary/aromatic N) is 1. The van der Waals surface area contributed by atoms with E-state index >= 15 is 0 Å². The summed E-state index contributed by atoms with van der Waals surface area (Å²) in [5, 5.41) is 5.65. The Labute approximate surface area is 180 Å². The summed E-state index contributed by atoms with van der Waals surface area (Å²) in [5.74, 6) is -0.836. The number of amides is 1. The van der Waals surface area contributed by atoms with Crippen molar-refractivity contribution in [2.75, 3.05) is 5.32 Å². The number of esters is 1. The number of hydrogen-bond donors (Lipinski definition) is 1. The van der Waals surface area contributed by atoms with Crippen LogP contribution in [0.2, 0.25) is 0 Å². The lowest BCUT2D eigenvalue weighted by Gasteiger charge is -2.17. The van der Waals surface area contributed by atoms with Crippen LogP contribution in [0.5, 0.6) is 0 Å². The molecule has 0 fully saturated rings. The zero-order chi connectivity index (χ0) is 21.4. The smallest absolute Gasteiger partial charge is 0.339 e. The molecule has 1 heterocycles. The van der Waals surface area contributed by atoms with Crippen molar-refractivity contribution in [2.24, 2.45) is 0 Å². The number of nitrogens with one attached hydrogen (secondary N) is 1. The number of hydrogen-bond acceptors (Lipinski definition) is 4. The summed E-state index contributed by atoms with van der Waals surface area (Å²) in [4.78, 5) is 30.7. The Morgan fingerprint density at radius 2 is 1.68 bits per heavy atom. The molecule has 0 aliphatic heterocycles. The maximum Gasteiger partial charge on any atom is 0.339 e. The summed E-state index contributed by atoms with van der Waals surface area (Å²) in [6, 6.07) is 21.1. The first kappa shape index (κ1) is 19.2. The van der Waals surface area contributed by atoms with Crippen LogP contribution in [0.3, 0.4) is 0 Å². The normalized spacial score (nSPS) is 13.7. The Kier molecular flexibility index (Phi) is 4.86. The molecule has 1 amide bonds. The third-order valence-corrected chi connectivity index (χ3v) is 5.82. The number of carbonyl (C=O) groups is 2. The highest BCUT2D eigenvalue weighted by Gasteiger charge is 2.27. The van der Waals surface area contributed by atoms with Crippen molar-refractivity contribution >= 4 is 39.2 Å². The van der Waals surface area contributed by atoms with Crippen molar-refractivity contribution in [3.8, 4) is 0 Å². The number of fused-ring (bicyclic) bond motifs is 3. The van der Waals surface area contributed by atoms with Crippen LogP contribution in [0.4, 0.5) is 5.69 Å². The number of benzene rings is 3. The molecule has 0 saturated carbocycles. The molecule has 154 valence electrons. The molecule has 1 aliphatic carbocycles. The first-order valence-electron chi connectivity index (χ1n) is 10.5. The van der Waals surface area contributed by atoms with E-state index in [2.05, 4.69) is 5.32 Å². The summed E-state index contributed by atoms with van der Waals surface area (Å²) in [7, 11) is 0. The Morgan fingerprint density at radius 3 is 2.55 bits per heavy atom. The standard InChI is InChI=1S/C26H22N2O3/c1-16(25(29)28-21-14-6-9-17-8-2-3-10-18(17)21)31-26(30)24-19-11-4-5-13-22(19)27-23-15-7-12-20(23)24/h2-6,8-11,13-14,16H,7,12,15H2,1H3,(H,28,29)/t16-/m1/s1. The van der Waals surface area contributed by atoms with Crippen LogP contribution in [-0.2, 0) is 22.4 Å². The number of aromatic nitrogens is 1. The van der Waals surface area contributed by atoms with Gasteiger partial charge in [-0.1, -0.05) is 54.6 Å². The van der Waals surface area contributed by atoms with Crippen molar-refractivity contribution in [1.29, 1.82) is 0 Å². The molecule has 5 rings (SSSR count). The molecular formula is C26H22N2O3. The van der Waals surface area contributed by atoms with Crippen molar-refractivity contribution in [1.82, 2.24) is 4.98 Å². The molecule has 0 spiro atoms. The molecule has 4 aromatic rings. The lowest BCUT2D eigenvalue weighted by molar-refractivity contribution is -0.123. The van der Waals surface area contributed by atoms with E-state index < -0.39 is 12.1 Å². The SMILES string of the molecule is C[C@@H](OC(=O)c1c2c(nc3ccccc13)CCC2)C(=O)Nc1cccc2ccccc12. The van der Waals surface area contributed by atoms with E-state index in [9.17, 15) is 9.59 Å². The number of ether oxygens (including phenoxy) is 1. The fourth-order valence-corrected chi connectivity index (χ4v) is 4.29. The summed E-state index contributed by atoms with van der Waals surface area (Å²) < 4.78 is 5.64. The molecule has 1 aromatic heterocycles. The average Bonchev–Trinajstić information content (AvgIpc) is 3.25. The maximum absolute atomic E-state index is 13.2. The van der Waals surface area contributed by atoms with Crippen LogP contribution >= 0.6 is 0 Å². The molecular weight excluding hydrogens is 388 g/mol. The molecule has 0 bridgehead atoms. The van der Waals surface area contributed by atoms with Gasteiger partial charge < -0.3 is 10.1 Å². The minimum atomic E-state index is -0.935. The van der Waals surface area contributed by atoms with E-state index in [1.165, 1.54) is 0 Å². The van der Waals surface area contributed by atoms with Gasteiger partial charge in [0.1, 0.15) is 0 Å². The number of pyridine rings is 1. The van der Waals surface area contributed by atoms with Gasteiger partial charge in [0.05, 0.1) is 11.1 Å². The number of carbonyl (C=O) groups excluding carboxylic acids is 2. The molecule has 31 heavy (non-hydrogen) atoms. The van der Waals surface area contributed by atoms with Gasteiger partial charge in [-0.2, -0.15) is 0 Å². The molecule has 0 saturated heterocycles. The molecule has 0 radical (unpaired) electrons. The summed E-state index contributed by atoms with van der Waals surface area (Å²) in [6.45, 7) is 1.60. The van der Waals surface area contributed by atoms with Gasteiger partial charge in [-0.25, -0.2) is 4.79 Å². The fourth-order valence-electron chi connectivity index (χ4n) is 4.29. The highest BCUT2D eigenvalue weighted by atomic mass is 16.5. The molecule has 5 nitrogen and oxygen atoms in total. The zero-order valence-corrected chi connectivity index (χ0v) is 17.2. The van der Waals surface area contributed by atoms with Crippen molar-refractivity contribution in [3.05, 3.63) is 83.6 Å². The van der Waals surface area contributed by atoms with E-state index in [-0.39, 0.29) is 5.91 Å². The first-order valence-corrected chi connectivity index (χ1v) is 10.5. The molecule has 1 aliphatic rings. The average molecular weight is 410 g/mol. The minimum Gasteiger partial charge on any atom is -0.449 e. The molecule has 0 unspecified atom stereocenters. The monoisotopic (exact) mass is 410 g/mol. The molecule has 1 N–H and O–H groups in total. The quantitative estimate of drug-likeness (QED) is 0.478. The second-order valence-electron chi connectivity index (χ2n) is 7.85. The third kappa shape index (κ3) is 3.52. The van der Waals surface area contributed by atoms with Crippen LogP contribution in [0.1, 0.15) is 35.0 Å². The van der Waals surface area contributed by atoms with Gasteiger partial charge in [0.2, 0.25) is 0 Å². The number of para-hydroxylation sites is 1. The Bertz CT molecular complexity index is 1320. The highest BCUT2D eigenvalue weighted by molar-refractivity contribution is 6.07. The number of aryl methyl sites for hydroxylation is 1. The van der Waals surface area contributed by atoms with E-state index in [1.807, 2.05) is 66.7 Å². The minimum absolute atomic E-state index is 0.361. The Balaban J connectivity index is 1.40. The van der Waals surface area contributed by atoms with Gasteiger partial charge >= 0.3 is 5.97 Å². The summed E-state index contributed by atoms with van der Waals surface area (Å²) in [6.07, 6.45) is 1.69. The topological polar surface area (TPSA) is 68.3 Å². The Morgan fingerprint density at radius 1 is 0.935 bits per heavy atom. The van der Waals surface area contributed by atoms with Gasteiger partial charge in [-0.05, 0) is 49.3 Å². The first-order chi connectivity index (χ1) is 15.1. The highest BCUT2D eigenvalue weighted by Crippen LogP contribution is 2.31. The van der Waals surface area contributed by atoms with E-state index in [1.54, 1.807) is 6.92 Å². The third-order valence-electron chi connectivity index (χ3n) is 5.82. The van der Waals surface area contributed by atoms with Gasteiger partial charge in [0.25, 0.3) is 5.91 Å².